The average molecular weight is 221 g/mol. The molecule has 0 bridgehead atoms. The van der Waals surface area contributed by atoms with Crippen LogP contribution in [0.1, 0.15) is 13.3 Å². The largest absolute Gasteiger partial charge is 0.391 e. The van der Waals surface area contributed by atoms with Gasteiger partial charge in [-0.1, -0.05) is 0 Å². The van der Waals surface area contributed by atoms with E-state index in [-0.39, 0.29) is 6.54 Å². The molecule has 2 atom stereocenters. The summed E-state index contributed by atoms with van der Waals surface area (Å²) in [6, 6.07) is 0. The summed E-state index contributed by atoms with van der Waals surface area (Å²) in [6.07, 6.45) is 1.07. The predicted octanol–water partition coefficient (Wildman–Crippen LogP) is -0.987. The van der Waals surface area contributed by atoms with Crippen LogP contribution in [0.3, 0.4) is 0 Å². The minimum atomic E-state index is -3.33. The van der Waals surface area contributed by atoms with Crippen molar-refractivity contribution in [3.8, 4) is 0 Å². The molecule has 1 rings (SSSR count). The summed E-state index contributed by atoms with van der Waals surface area (Å²) in [6.45, 7) is 2.07. The highest BCUT2D eigenvalue weighted by Gasteiger charge is 2.32. The monoisotopic (exact) mass is 221 g/mol. The first-order valence-corrected chi connectivity index (χ1v) is 6.43. The Morgan fingerprint density at radius 3 is 2.50 bits per heavy atom. The molecule has 0 aromatic rings. The molecule has 6 heteroatoms. The van der Waals surface area contributed by atoms with E-state index in [1.807, 2.05) is 0 Å². The third-order valence-corrected chi connectivity index (χ3v) is 3.95. The van der Waals surface area contributed by atoms with Gasteiger partial charge < -0.3 is 10.0 Å². The number of hydrogen-bond donors (Lipinski definition) is 1. The van der Waals surface area contributed by atoms with E-state index in [1.165, 1.54) is 11.8 Å². The summed E-state index contributed by atoms with van der Waals surface area (Å²) in [5.41, 5.74) is 0. The summed E-state index contributed by atoms with van der Waals surface area (Å²) in [4.78, 5) is 13.0. The molecule has 1 saturated heterocycles. The van der Waals surface area contributed by atoms with Crippen molar-refractivity contribution in [1.82, 2.24) is 4.90 Å². The average Bonchev–Trinajstić information content (AvgIpc) is 2.47. The maximum Gasteiger partial charge on any atom is 0.240 e. The number of carbonyl (C=O) groups is 1. The Kier molecular flexibility index (Phi) is 3.16. The molecule has 0 saturated carbocycles. The van der Waals surface area contributed by atoms with Crippen molar-refractivity contribution in [3.63, 3.8) is 0 Å². The lowest BCUT2D eigenvalue weighted by atomic mass is 10.3. The van der Waals surface area contributed by atoms with Crippen molar-refractivity contribution in [1.29, 1.82) is 0 Å². The zero-order valence-electron chi connectivity index (χ0n) is 8.30. The minimum Gasteiger partial charge on any atom is -0.391 e. The maximum absolute atomic E-state index is 11.6. The number of aliphatic hydroxyl groups excluding tert-OH is 1. The number of nitrogens with zero attached hydrogens (tertiary/aromatic N) is 1. The molecule has 1 amide bonds. The van der Waals surface area contributed by atoms with Gasteiger partial charge in [0.2, 0.25) is 5.91 Å². The van der Waals surface area contributed by atoms with Crippen molar-refractivity contribution < 1.29 is 18.3 Å². The van der Waals surface area contributed by atoms with Gasteiger partial charge in [0.05, 0.1) is 6.10 Å². The molecule has 1 aliphatic rings. The van der Waals surface area contributed by atoms with E-state index in [0.29, 0.717) is 13.0 Å². The molecule has 1 fully saturated rings. The van der Waals surface area contributed by atoms with Crippen LogP contribution in [0.5, 0.6) is 0 Å². The Balaban J connectivity index is 2.67. The lowest BCUT2D eigenvalue weighted by Gasteiger charge is -2.19. The van der Waals surface area contributed by atoms with Gasteiger partial charge in [-0.15, -0.1) is 0 Å². The van der Waals surface area contributed by atoms with E-state index in [9.17, 15) is 18.3 Å². The Morgan fingerprint density at radius 2 is 2.14 bits per heavy atom. The van der Waals surface area contributed by atoms with Gasteiger partial charge in [0, 0.05) is 19.3 Å². The Labute approximate surface area is 83.6 Å². The fraction of sp³-hybridized carbons (Fsp3) is 0.875. The second-order valence-electron chi connectivity index (χ2n) is 3.70. The molecule has 5 nitrogen and oxygen atoms in total. The van der Waals surface area contributed by atoms with Crippen LogP contribution in [-0.4, -0.2) is 55.0 Å². The topological polar surface area (TPSA) is 74.7 Å². The Hall–Kier alpha value is -0.620. The quantitative estimate of drug-likeness (QED) is 0.650. The molecule has 0 aromatic heterocycles. The summed E-state index contributed by atoms with van der Waals surface area (Å²) < 4.78 is 22.2. The van der Waals surface area contributed by atoms with Crippen LogP contribution >= 0.6 is 0 Å². The van der Waals surface area contributed by atoms with Crippen molar-refractivity contribution in [2.45, 2.75) is 24.7 Å². The fourth-order valence-corrected chi connectivity index (χ4v) is 1.90. The predicted molar refractivity (Wildman–Crippen MR) is 51.5 cm³/mol. The normalized spacial score (nSPS) is 25.1. The van der Waals surface area contributed by atoms with Crippen LogP contribution in [0.15, 0.2) is 0 Å². The van der Waals surface area contributed by atoms with Crippen molar-refractivity contribution >= 4 is 15.7 Å². The number of aliphatic hydroxyl groups is 1. The van der Waals surface area contributed by atoms with Gasteiger partial charge in [-0.05, 0) is 13.3 Å². The SMILES string of the molecule is CC(C(=O)N1CC[C@H](O)C1)S(C)(=O)=O. The summed E-state index contributed by atoms with van der Waals surface area (Å²) in [5, 5.41) is 8.18. The number of amides is 1. The third kappa shape index (κ3) is 2.45. The molecule has 14 heavy (non-hydrogen) atoms. The molecule has 1 heterocycles. The van der Waals surface area contributed by atoms with Gasteiger partial charge in [-0.25, -0.2) is 8.42 Å². The Morgan fingerprint density at radius 1 is 1.57 bits per heavy atom. The van der Waals surface area contributed by atoms with Crippen LogP contribution in [0, 0.1) is 0 Å². The number of likely N-dealkylation sites (tertiary alicyclic amines) is 1. The first-order valence-electron chi connectivity index (χ1n) is 4.48. The molecule has 0 spiro atoms. The Bertz CT molecular complexity index is 324. The second-order valence-corrected chi connectivity index (χ2v) is 6.06. The zero-order valence-corrected chi connectivity index (χ0v) is 9.12. The first-order chi connectivity index (χ1) is 6.32. The molecule has 1 aliphatic heterocycles. The van der Waals surface area contributed by atoms with Crippen LogP contribution in [-0.2, 0) is 14.6 Å². The number of rotatable bonds is 2. The number of sulfone groups is 1. The van der Waals surface area contributed by atoms with Crippen LogP contribution in [0.4, 0.5) is 0 Å². The highest BCUT2D eigenvalue weighted by Crippen LogP contribution is 2.12. The van der Waals surface area contributed by atoms with E-state index in [0.717, 1.165) is 6.26 Å². The fourth-order valence-electron chi connectivity index (χ4n) is 1.38. The second kappa shape index (κ2) is 3.86. The summed E-state index contributed by atoms with van der Waals surface area (Å²) in [5.74, 6) is -0.413. The molecule has 1 N–H and O–H groups in total. The molecule has 0 aliphatic carbocycles. The molecule has 1 unspecified atom stereocenters. The number of carbonyl (C=O) groups excluding carboxylic acids is 1. The molecular weight excluding hydrogens is 206 g/mol. The van der Waals surface area contributed by atoms with E-state index < -0.39 is 27.1 Å². The lowest BCUT2D eigenvalue weighted by molar-refractivity contribution is -0.129. The number of hydrogen-bond acceptors (Lipinski definition) is 4. The van der Waals surface area contributed by atoms with Crippen LogP contribution in [0.2, 0.25) is 0 Å². The molecular formula is C8H15NO4S. The maximum atomic E-state index is 11.6. The highest BCUT2D eigenvalue weighted by molar-refractivity contribution is 7.92. The summed E-state index contributed by atoms with van der Waals surface area (Å²) in [7, 11) is -3.33. The lowest BCUT2D eigenvalue weighted by Crippen LogP contribution is -2.40. The molecule has 0 radical (unpaired) electrons. The minimum absolute atomic E-state index is 0.249. The summed E-state index contributed by atoms with van der Waals surface area (Å²) >= 11 is 0. The van der Waals surface area contributed by atoms with E-state index >= 15 is 0 Å². The van der Waals surface area contributed by atoms with Crippen LogP contribution < -0.4 is 0 Å². The van der Waals surface area contributed by atoms with Gasteiger partial charge in [0.25, 0.3) is 0 Å². The van der Waals surface area contributed by atoms with Gasteiger partial charge in [-0.3, -0.25) is 4.79 Å². The third-order valence-electron chi connectivity index (χ3n) is 2.47. The van der Waals surface area contributed by atoms with Gasteiger partial charge in [0.15, 0.2) is 9.84 Å². The van der Waals surface area contributed by atoms with Gasteiger partial charge in [0.1, 0.15) is 5.25 Å². The van der Waals surface area contributed by atoms with Gasteiger partial charge >= 0.3 is 0 Å². The van der Waals surface area contributed by atoms with E-state index in [2.05, 4.69) is 0 Å². The number of β-amino-alcohol motifs (C(OH)–C–C–N with tert-alkyl or cyclic N) is 1. The molecule has 82 valence electrons. The standard InChI is InChI=1S/C8H15NO4S/c1-6(14(2,12)13)8(11)9-4-3-7(10)5-9/h6-7,10H,3-5H2,1-2H3/t6?,7-/m0/s1. The highest BCUT2D eigenvalue weighted by atomic mass is 32.2. The van der Waals surface area contributed by atoms with Gasteiger partial charge in [-0.2, -0.15) is 0 Å². The molecule has 0 aromatic carbocycles. The first kappa shape index (κ1) is 11.5. The van der Waals surface area contributed by atoms with E-state index in [4.69, 9.17) is 0 Å². The smallest absolute Gasteiger partial charge is 0.240 e. The van der Waals surface area contributed by atoms with Crippen molar-refractivity contribution in [2.75, 3.05) is 19.3 Å². The van der Waals surface area contributed by atoms with Crippen molar-refractivity contribution in [3.05, 3.63) is 0 Å². The van der Waals surface area contributed by atoms with Crippen molar-refractivity contribution in [2.24, 2.45) is 0 Å². The zero-order chi connectivity index (χ0) is 10.9. The van der Waals surface area contributed by atoms with E-state index in [1.54, 1.807) is 0 Å². The van der Waals surface area contributed by atoms with Crippen LogP contribution in [0.25, 0.3) is 0 Å².